The van der Waals surface area contributed by atoms with Crippen LogP contribution in [0.3, 0.4) is 0 Å². The van der Waals surface area contributed by atoms with E-state index in [1.807, 2.05) is 54.6 Å². The van der Waals surface area contributed by atoms with Crippen molar-refractivity contribution in [1.29, 1.82) is 0 Å². The molecule has 1 N–H and O–H groups in total. The van der Waals surface area contributed by atoms with Gasteiger partial charge >= 0.3 is 5.97 Å². The van der Waals surface area contributed by atoms with Gasteiger partial charge in [-0.25, -0.2) is 4.98 Å². The van der Waals surface area contributed by atoms with Crippen molar-refractivity contribution in [3.63, 3.8) is 0 Å². The Morgan fingerprint density at radius 2 is 1.80 bits per heavy atom. The second-order valence-corrected chi connectivity index (χ2v) is 6.64. The number of nitrogens with zero attached hydrogens (tertiary/aromatic N) is 1. The van der Waals surface area contributed by atoms with Gasteiger partial charge in [0.05, 0.1) is 7.11 Å². The Morgan fingerprint density at radius 1 is 1.12 bits per heavy atom. The summed E-state index contributed by atoms with van der Waals surface area (Å²) in [5.74, 6) is 0.462. The molecule has 1 unspecified atom stereocenters. The van der Waals surface area contributed by atoms with Crippen LogP contribution in [-0.2, 0) is 4.79 Å². The molecular weight excluding hydrogens is 338 g/mol. The number of aliphatic carboxylic acids is 1. The van der Waals surface area contributed by atoms with Crippen molar-refractivity contribution in [3.8, 4) is 28.3 Å². The number of thioether (sulfide) groups is 1. The average Bonchev–Trinajstić information content (AvgIpc) is 3.06. The third-order valence-corrected chi connectivity index (χ3v) is 4.56. The lowest BCUT2D eigenvalue weighted by Gasteiger charge is -2.03. The van der Waals surface area contributed by atoms with Crippen LogP contribution in [0.5, 0.6) is 5.75 Å². The van der Waals surface area contributed by atoms with Gasteiger partial charge in [-0.15, -0.1) is 0 Å². The first-order valence-corrected chi connectivity index (χ1v) is 8.56. The zero-order valence-corrected chi connectivity index (χ0v) is 14.6. The Morgan fingerprint density at radius 3 is 2.40 bits per heavy atom. The molecule has 0 saturated carbocycles. The molecule has 0 aliphatic carbocycles. The number of aromatic nitrogens is 1. The normalized spacial score (nSPS) is 11.9. The van der Waals surface area contributed by atoms with Gasteiger partial charge in [-0.2, -0.15) is 0 Å². The highest BCUT2D eigenvalue weighted by atomic mass is 32.2. The van der Waals surface area contributed by atoms with Crippen LogP contribution >= 0.6 is 11.8 Å². The molecule has 1 atom stereocenters. The van der Waals surface area contributed by atoms with Crippen molar-refractivity contribution in [2.45, 2.75) is 17.4 Å². The van der Waals surface area contributed by atoms with Gasteiger partial charge < -0.3 is 14.3 Å². The molecule has 0 radical (unpaired) electrons. The predicted octanol–water partition coefficient (Wildman–Crippen LogP) is 4.58. The molecule has 5 nitrogen and oxygen atoms in total. The van der Waals surface area contributed by atoms with E-state index < -0.39 is 11.2 Å². The number of rotatable bonds is 6. The minimum atomic E-state index is -0.907. The summed E-state index contributed by atoms with van der Waals surface area (Å²) in [6.45, 7) is 1.60. The van der Waals surface area contributed by atoms with Gasteiger partial charge in [0.15, 0.2) is 5.76 Å². The molecule has 3 aromatic rings. The molecule has 0 saturated heterocycles. The van der Waals surface area contributed by atoms with Crippen LogP contribution in [0.25, 0.3) is 22.6 Å². The van der Waals surface area contributed by atoms with Crippen molar-refractivity contribution in [3.05, 3.63) is 54.6 Å². The largest absolute Gasteiger partial charge is 0.497 e. The molecule has 128 valence electrons. The number of carbonyl (C=O) groups is 1. The summed E-state index contributed by atoms with van der Waals surface area (Å²) < 4.78 is 11.1. The number of carboxylic acids is 1. The molecule has 1 aromatic heterocycles. The molecule has 0 amide bonds. The lowest BCUT2D eigenvalue weighted by Crippen LogP contribution is -2.10. The number of benzene rings is 2. The van der Waals surface area contributed by atoms with Crippen molar-refractivity contribution < 1.29 is 19.1 Å². The highest BCUT2D eigenvalue weighted by Crippen LogP contribution is 2.37. The predicted molar refractivity (Wildman–Crippen MR) is 96.9 cm³/mol. The maximum Gasteiger partial charge on any atom is 0.316 e. The number of ether oxygens (including phenoxy) is 1. The minimum absolute atomic E-state index is 0.333. The summed E-state index contributed by atoms with van der Waals surface area (Å²) in [5, 5.41) is 8.79. The number of oxazole rings is 1. The van der Waals surface area contributed by atoms with E-state index in [-0.39, 0.29) is 0 Å². The van der Waals surface area contributed by atoms with Gasteiger partial charge in [-0.05, 0) is 31.2 Å². The highest BCUT2D eigenvalue weighted by Gasteiger charge is 2.21. The molecule has 0 bridgehead atoms. The Kier molecular flexibility index (Phi) is 5.09. The van der Waals surface area contributed by atoms with Crippen LogP contribution in [0.4, 0.5) is 0 Å². The van der Waals surface area contributed by atoms with Crippen LogP contribution < -0.4 is 4.74 Å². The van der Waals surface area contributed by atoms with Crippen molar-refractivity contribution in [2.75, 3.05) is 7.11 Å². The van der Waals surface area contributed by atoms with Crippen LogP contribution in [-0.4, -0.2) is 28.4 Å². The molecule has 25 heavy (non-hydrogen) atoms. The van der Waals surface area contributed by atoms with Gasteiger partial charge in [-0.1, -0.05) is 42.1 Å². The van der Waals surface area contributed by atoms with Crippen LogP contribution in [0.2, 0.25) is 0 Å². The van der Waals surface area contributed by atoms with Crippen molar-refractivity contribution >= 4 is 17.7 Å². The average molecular weight is 355 g/mol. The Balaban J connectivity index is 2.04. The van der Waals surface area contributed by atoms with E-state index in [9.17, 15) is 4.79 Å². The monoisotopic (exact) mass is 355 g/mol. The van der Waals surface area contributed by atoms with Crippen LogP contribution in [0, 0.1) is 0 Å². The fourth-order valence-electron chi connectivity index (χ4n) is 2.28. The summed E-state index contributed by atoms with van der Waals surface area (Å²) in [6, 6.07) is 17.1. The molecule has 1 heterocycles. The maximum absolute atomic E-state index is 11.1. The fraction of sp³-hybridized carbons (Fsp3) is 0.158. The van der Waals surface area contributed by atoms with E-state index in [1.165, 1.54) is 0 Å². The van der Waals surface area contributed by atoms with Crippen molar-refractivity contribution in [1.82, 2.24) is 4.98 Å². The Labute approximate surface area is 149 Å². The van der Waals surface area contributed by atoms with E-state index >= 15 is 0 Å². The molecule has 0 aliphatic rings. The Bertz CT molecular complexity index is 859. The number of hydrogen-bond acceptors (Lipinski definition) is 5. The molecule has 3 rings (SSSR count). The maximum atomic E-state index is 11.1. The molecule has 0 fully saturated rings. The lowest BCUT2D eigenvalue weighted by atomic mass is 10.1. The van der Waals surface area contributed by atoms with Crippen LogP contribution in [0.1, 0.15) is 6.92 Å². The Hall–Kier alpha value is -2.73. The summed E-state index contributed by atoms with van der Waals surface area (Å²) in [6.07, 6.45) is 0. The number of carboxylic acid groups (broad SMARTS) is 1. The van der Waals surface area contributed by atoms with Crippen LogP contribution in [0.15, 0.2) is 64.2 Å². The van der Waals surface area contributed by atoms with Gasteiger partial charge in [-0.3, -0.25) is 4.79 Å². The first kappa shape index (κ1) is 17.1. The molecule has 0 spiro atoms. The lowest BCUT2D eigenvalue weighted by molar-refractivity contribution is -0.136. The number of methoxy groups -OCH3 is 1. The van der Waals surface area contributed by atoms with Crippen molar-refractivity contribution in [2.24, 2.45) is 0 Å². The van der Waals surface area contributed by atoms with E-state index in [1.54, 1.807) is 14.0 Å². The summed E-state index contributed by atoms with van der Waals surface area (Å²) in [4.78, 5) is 15.6. The van der Waals surface area contributed by atoms with Gasteiger partial charge in [0.25, 0.3) is 5.22 Å². The summed E-state index contributed by atoms with van der Waals surface area (Å²) >= 11 is 1.08. The van der Waals surface area contributed by atoms with E-state index in [0.717, 1.165) is 28.6 Å². The number of hydrogen-bond donors (Lipinski definition) is 1. The quantitative estimate of drug-likeness (QED) is 0.652. The molecule has 2 aromatic carbocycles. The van der Waals surface area contributed by atoms with E-state index in [4.69, 9.17) is 14.3 Å². The first-order chi connectivity index (χ1) is 12.1. The third-order valence-electron chi connectivity index (χ3n) is 3.63. The second kappa shape index (κ2) is 7.44. The second-order valence-electron chi connectivity index (χ2n) is 5.35. The van der Waals surface area contributed by atoms with Gasteiger partial charge in [0.2, 0.25) is 0 Å². The van der Waals surface area contributed by atoms with E-state index in [2.05, 4.69) is 4.98 Å². The summed E-state index contributed by atoms with van der Waals surface area (Å²) in [5.41, 5.74) is 2.43. The first-order valence-electron chi connectivity index (χ1n) is 7.68. The zero-order valence-electron chi connectivity index (χ0n) is 13.8. The SMILES string of the molecule is COc1ccc(-c2nc(SC(C)C(=O)O)oc2-c2ccccc2)cc1. The fourth-order valence-corrected chi connectivity index (χ4v) is 2.96. The van der Waals surface area contributed by atoms with Gasteiger partial charge in [0.1, 0.15) is 16.7 Å². The standard InChI is InChI=1S/C19H17NO4S/c1-12(18(21)22)25-19-20-16(13-8-10-15(23-2)11-9-13)17(24-19)14-6-4-3-5-7-14/h3-12H,1-2H3,(H,21,22). The topological polar surface area (TPSA) is 72.6 Å². The van der Waals surface area contributed by atoms with Gasteiger partial charge in [0, 0.05) is 11.1 Å². The molecular formula is C19H17NO4S. The molecule has 6 heteroatoms. The summed E-state index contributed by atoms with van der Waals surface area (Å²) in [7, 11) is 1.61. The molecule has 0 aliphatic heterocycles. The highest BCUT2D eigenvalue weighted by molar-refractivity contribution is 8.00. The minimum Gasteiger partial charge on any atom is -0.497 e. The zero-order chi connectivity index (χ0) is 17.8. The smallest absolute Gasteiger partial charge is 0.316 e. The third kappa shape index (κ3) is 3.85. The van der Waals surface area contributed by atoms with E-state index in [0.29, 0.717) is 16.7 Å².